The molecular formula is C21H13F5N2O. The zero-order chi connectivity index (χ0) is 20.9. The van der Waals surface area contributed by atoms with Crippen molar-refractivity contribution in [2.75, 3.05) is 0 Å². The van der Waals surface area contributed by atoms with Crippen LogP contribution in [-0.2, 0) is 12.7 Å². The van der Waals surface area contributed by atoms with Gasteiger partial charge in [0, 0.05) is 21.9 Å². The van der Waals surface area contributed by atoms with Gasteiger partial charge in [-0.05, 0) is 30.3 Å². The molecule has 0 aliphatic heterocycles. The van der Waals surface area contributed by atoms with Gasteiger partial charge in [-0.25, -0.2) is 8.78 Å². The van der Waals surface area contributed by atoms with E-state index in [1.807, 2.05) is 0 Å². The van der Waals surface area contributed by atoms with Gasteiger partial charge in [0.25, 0.3) is 0 Å². The van der Waals surface area contributed by atoms with Crippen LogP contribution in [0.2, 0.25) is 0 Å². The van der Waals surface area contributed by atoms with Gasteiger partial charge in [-0.15, -0.1) is 0 Å². The summed E-state index contributed by atoms with van der Waals surface area (Å²) in [5.74, 6) is -2.89. The molecule has 2 N–H and O–H groups in total. The quantitative estimate of drug-likeness (QED) is 0.467. The van der Waals surface area contributed by atoms with Crippen LogP contribution in [0.5, 0.6) is 0 Å². The molecule has 1 aromatic heterocycles. The summed E-state index contributed by atoms with van der Waals surface area (Å²) in [6.07, 6.45) is -4.59. The topological polar surface area (TPSA) is 48.0 Å². The summed E-state index contributed by atoms with van der Waals surface area (Å²) in [7, 11) is 0. The largest absolute Gasteiger partial charge is 0.416 e. The first kappa shape index (κ1) is 18.9. The molecule has 0 aliphatic carbocycles. The number of carbonyl (C=O) groups is 1. The summed E-state index contributed by atoms with van der Waals surface area (Å²) < 4.78 is 69.1. The molecule has 3 aromatic carbocycles. The van der Waals surface area contributed by atoms with E-state index in [1.54, 1.807) is 6.07 Å². The van der Waals surface area contributed by atoms with E-state index in [9.17, 15) is 26.7 Å². The smallest absolute Gasteiger partial charge is 0.366 e. The van der Waals surface area contributed by atoms with Crippen molar-refractivity contribution < 1.29 is 26.7 Å². The fraction of sp³-hybridized carbons (Fsp3) is 0.0952. The number of nitrogens with two attached hydrogens (primary N) is 1. The molecule has 0 radical (unpaired) electrons. The van der Waals surface area contributed by atoms with Crippen molar-refractivity contribution in [1.29, 1.82) is 0 Å². The number of hydrogen-bond acceptors (Lipinski definition) is 1. The molecule has 1 amide bonds. The summed E-state index contributed by atoms with van der Waals surface area (Å²) in [5, 5.41) is 0.722. The third-order valence-corrected chi connectivity index (χ3v) is 4.84. The third kappa shape index (κ3) is 3.10. The van der Waals surface area contributed by atoms with Crippen molar-refractivity contribution in [3.05, 3.63) is 82.9 Å². The third-order valence-electron chi connectivity index (χ3n) is 4.84. The number of fused-ring (bicyclic) bond motifs is 3. The van der Waals surface area contributed by atoms with Crippen LogP contribution in [0.4, 0.5) is 22.0 Å². The minimum atomic E-state index is -4.59. The Hall–Kier alpha value is -3.42. The molecule has 4 aromatic rings. The summed E-state index contributed by atoms with van der Waals surface area (Å²) in [6.45, 7) is -0.229. The van der Waals surface area contributed by atoms with Crippen molar-refractivity contribution in [3.63, 3.8) is 0 Å². The first-order valence-corrected chi connectivity index (χ1v) is 8.53. The molecular weight excluding hydrogens is 391 g/mol. The summed E-state index contributed by atoms with van der Waals surface area (Å²) >= 11 is 0. The number of benzene rings is 3. The summed E-state index contributed by atoms with van der Waals surface area (Å²) in [5.41, 5.74) is 5.16. The minimum absolute atomic E-state index is 0.0364. The second kappa shape index (κ2) is 6.58. The zero-order valence-electron chi connectivity index (χ0n) is 14.7. The number of primary amides is 1. The van der Waals surface area contributed by atoms with E-state index in [2.05, 4.69) is 0 Å². The lowest BCUT2D eigenvalue weighted by molar-refractivity contribution is -0.137. The van der Waals surface area contributed by atoms with Gasteiger partial charge in [0.05, 0.1) is 23.1 Å². The lowest BCUT2D eigenvalue weighted by atomic mass is 10.0. The highest BCUT2D eigenvalue weighted by atomic mass is 19.4. The van der Waals surface area contributed by atoms with Crippen molar-refractivity contribution in [3.8, 4) is 0 Å². The molecule has 0 fully saturated rings. The predicted molar refractivity (Wildman–Crippen MR) is 98.4 cm³/mol. The molecule has 0 bridgehead atoms. The van der Waals surface area contributed by atoms with Crippen LogP contribution in [0.1, 0.15) is 21.5 Å². The number of aromatic nitrogens is 1. The monoisotopic (exact) mass is 404 g/mol. The highest BCUT2D eigenvalue weighted by Gasteiger charge is 2.31. The highest BCUT2D eigenvalue weighted by molar-refractivity contribution is 6.18. The summed E-state index contributed by atoms with van der Waals surface area (Å²) in [6, 6.07) is 11.3. The lowest BCUT2D eigenvalue weighted by Gasteiger charge is -2.11. The maximum absolute atomic E-state index is 14.2. The van der Waals surface area contributed by atoms with E-state index in [1.165, 1.54) is 34.9 Å². The van der Waals surface area contributed by atoms with Crippen molar-refractivity contribution >= 4 is 27.7 Å². The minimum Gasteiger partial charge on any atom is -0.366 e. The van der Waals surface area contributed by atoms with Crippen LogP contribution >= 0.6 is 0 Å². The number of rotatable bonds is 3. The molecule has 0 spiro atoms. The molecule has 0 aliphatic rings. The number of hydrogen-bond donors (Lipinski definition) is 1. The molecule has 0 saturated carbocycles. The second-order valence-electron chi connectivity index (χ2n) is 6.59. The zero-order valence-corrected chi connectivity index (χ0v) is 14.7. The Labute approximate surface area is 161 Å². The number of halogens is 5. The normalized spacial score (nSPS) is 12.0. The van der Waals surface area contributed by atoms with Gasteiger partial charge in [-0.3, -0.25) is 4.79 Å². The van der Waals surface area contributed by atoms with Gasteiger partial charge in [-0.1, -0.05) is 24.3 Å². The molecule has 3 nitrogen and oxygen atoms in total. The Bertz CT molecular complexity index is 1270. The van der Waals surface area contributed by atoms with E-state index in [4.69, 9.17) is 5.73 Å². The first-order chi connectivity index (χ1) is 13.7. The number of nitrogens with zero attached hydrogens (tertiary/aromatic N) is 1. The van der Waals surface area contributed by atoms with Crippen molar-refractivity contribution in [1.82, 2.24) is 4.57 Å². The van der Waals surface area contributed by atoms with Crippen LogP contribution in [-0.4, -0.2) is 10.5 Å². The predicted octanol–water partition coefficient (Wildman–Crippen LogP) is 5.24. The van der Waals surface area contributed by atoms with E-state index in [-0.39, 0.29) is 23.2 Å². The maximum Gasteiger partial charge on any atom is 0.416 e. The van der Waals surface area contributed by atoms with Crippen LogP contribution in [0.25, 0.3) is 21.8 Å². The standard InChI is InChI=1S/C21H13F5N2O/c22-15-5-1-3-11(19(15)23)10-28-16-6-2-4-14(20(27)29)18(16)13-8-7-12(9-17(13)28)21(24,25)26/h1-9H,10H2,(H2,27,29). The van der Waals surface area contributed by atoms with E-state index in [0.29, 0.717) is 16.3 Å². The van der Waals surface area contributed by atoms with Gasteiger partial charge < -0.3 is 10.3 Å². The van der Waals surface area contributed by atoms with E-state index >= 15 is 0 Å². The SMILES string of the molecule is NC(=O)c1cccc2c1c1ccc(C(F)(F)F)cc1n2Cc1cccc(F)c1F. The van der Waals surface area contributed by atoms with Gasteiger partial charge in [0.15, 0.2) is 11.6 Å². The van der Waals surface area contributed by atoms with E-state index < -0.39 is 29.3 Å². The molecule has 0 atom stereocenters. The second-order valence-corrected chi connectivity index (χ2v) is 6.59. The Kier molecular flexibility index (Phi) is 4.29. The Morgan fingerprint density at radius 3 is 2.38 bits per heavy atom. The molecule has 1 heterocycles. The number of alkyl halides is 3. The maximum atomic E-state index is 14.2. The van der Waals surface area contributed by atoms with Crippen molar-refractivity contribution in [2.24, 2.45) is 5.73 Å². The average molecular weight is 404 g/mol. The summed E-state index contributed by atoms with van der Waals surface area (Å²) in [4.78, 5) is 11.9. The molecule has 29 heavy (non-hydrogen) atoms. The molecule has 4 rings (SSSR count). The van der Waals surface area contributed by atoms with Crippen LogP contribution in [0.15, 0.2) is 54.6 Å². The van der Waals surface area contributed by atoms with E-state index in [0.717, 1.165) is 18.2 Å². The van der Waals surface area contributed by atoms with Gasteiger partial charge in [-0.2, -0.15) is 13.2 Å². The lowest BCUT2D eigenvalue weighted by Crippen LogP contribution is -2.11. The van der Waals surface area contributed by atoms with Gasteiger partial charge in [0.1, 0.15) is 0 Å². The highest BCUT2D eigenvalue weighted by Crippen LogP contribution is 2.37. The molecule has 0 saturated heterocycles. The molecule has 8 heteroatoms. The first-order valence-electron chi connectivity index (χ1n) is 8.53. The fourth-order valence-corrected chi connectivity index (χ4v) is 3.54. The van der Waals surface area contributed by atoms with Gasteiger partial charge in [0.2, 0.25) is 5.91 Å². The average Bonchev–Trinajstić information content (AvgIpc) is 2.98. The fourth-order valence-electron chi connectivity index (χ4n) is 3.54. The molecule has 148 valence electrons. The van der Waals surface area contributed by atoms with Crippen LogP contribution in [0, 0.1) is 11.6 Å². The Morgan fingerprint density at radius 1 is 0.966 bits per heavy atom. The number of amides is 1. The van der Waals surface area contributed by atoms with Crippen LogP contribution in [0.3, 0.4) is 0 Å². The van der Waals surface area contributed by atoms with Crippen molar-refractivity contribution in [2.45, 2.75) is 12.7 Å². The molecule has 0 unspecified atom stereocenters. The number of carbonyl (C=O) groups excluding carboxylic acids is 1. The Morgan fingerprint density at radius 2 is 1.69 bits per heavy atom. The Balaban J connectivity index is 2.08. The van der Waals surface area contributed by atoms with Gasteiger partial charge >= 0.3 is 6.18 Å². The van der Waals surface area contributed by atoms with Crippen LogP contribution < -0.4 is 5.73 Å².